The minimum atomic E-state index is -0.730. The van der Waals surface area contributed by atoms with E-state index in [-0.39, 0.29) is 24.1 Å². The van der Waals surface area contributed by atoms with Crippen LogP contribution in [0.5, 0.6) is 0 Å². The summed E-state index contributed by atoms with van der Waals surface area (Å²) in [6.45, 7) is 0.173. The molecule has 2 heterocycles. The summed E-state index contributed by atoms with van der Waals surface area (Å²) in [6.07, 6.45) is 3.75. The third-order valence-corrected chi connectivity index (χ3v) is 5.74. The summed E-state index contributed by atoms with van der Waals surface area (Å²) < 4.78 is 42.1. The van der Waals surface area contributed by atoms with E-state index in [0.29, 0.717) is 16.9 Å². The van der Waals surface area contributed by atoms with Crippen LogP contribution >= 0.6 is 11.8 Å². The first kappa shape index (κ1) is 19.4. The fourth-order valence-corrected chi connectivity index (χ4v) is 4.32. The Morgan fingerprint density at radius 3 is 2.90 bits per heavy atom. The van der Waals surface area contributed by atoms with Gasteiger partial charge in [0.1, 0.15) is 17.3 Å². The molecule has 5 nitrogen and oxygen atoms in total. The van der Waals surface area contributed by atoms with Gasteiger partial charge >= 0.3 is 6.03 Å². The highest BCUT2D eigenvalue weighted by Gasteiger charge is 2.24. The van der Waals surface area contributed by atoms with Crippen molar-refractivity contribution < 1.29 is 18.0 Å². The first-order chi connectivity index (χ1) is 14.0. The van der Waals surface area contributed by atoms with Crippen molar-refractivity contribution in [1.82, 2.24) is 20.4 Å². The molecule has 0 saturated heterocycles. The number of fused-ring (bicyclic) bond motifs is 1. The number of nitrogens with zero attached hydrogens (tertiary/aromatic N) is 2. The number of carbonyl (C=O) groups excluding carboxylic acids is 1. The SMILES string of the molecule is O=C(NCc1cnn(-c2ccc(F)cc2F)c1)N[C@H]1CCSc2c(F)cccc21. The Kier molecular flexibility index (Phi) is 5.48. The Balaban J connectivity index is 1.38. The first-order valence-corrected chi connectivity index (χ1v) is 9.94. The summed E-state index contributed by atoms with van der Waals surface area (Å²) >= 11 is 1.45. The van der Waals surface area contributed by atoms with E-state index in [0.717, 1.165) is 23.4 Å². The number of amides is 2. The largest absolute Gasteiger partial charge is 0.334 e. The second-order valence-electron chi connectivity index (χ2n) is 6.56. The Morgan fingerprint density at radius 1 is 1.21 bits per heavy atom. The Bertz CT molecular complexity index is 1060. The van der Waals surface area contributed by atoms with Crippen molar-refractivity contribution >= 4 is 17.8 Å². The average Bonchev–Trinajstić information content (AvgIpc) is 3.16. The van der Waals surface area contributed by atoms with Gasteiger partial charge in [-0.15, -0.1) is 11.8 Å². The average molecular weight is 418 g/mol. The predicted octanol–water partition coefficient (Wildman–Crippen LogP) is 4.33. The van der Waals surface area contributed by atoms with Crippen molar-refractivity contribution in [3.8, 4) is 5.69 Å². The van der Waals surface area contributed by atoms with Gasteiger partial charge in [-0.3, -0.25) is 0 Å². The quantitative estimate of drug-likeness (QED) is 0.663. The van der Waals surface area contributed by atoms with Crippen LogP contribution in [-0.4, -0.2) is 21.6 Å². The molecule has 9 heteroatoms. The standard InChI is InChI=1S/C20H17F3N4OS/c21-13-4-5-18(16(23)8-13)27-11-12(10-25-27)9-24-20(28)26-17-6-7-29-19-14(17)2-1-3-15(19)22/h1-5,8,10-11,17H,6-7,9H2,(H2,24,26,28)/t17-/m0/s1. The second-order valence-corrected chi connectivity index (χ2v) is 7.67. The van der Waals surface area contributed by atoms with Gasteiger partial charge in [0.2, 0.25) is 0 Å². The van der Waals surface area contributed by atoms with Gasteiger partial charge in [0.15, 0.2) is 5.82 Å². The fraction of sp³-hybridized carbons (Fsp3) is 0.200. The number of hydrogen-bond acceptors (Lipinski definition) is 3. The van der Waals surface area contributed by atoms with E-state index in [1.807, 2.05) is 6.07 Å². The number of hydrogen-bond donors (Lipinski definition) is 2. The lowest BCUT2D eigenvalue weighted by molar-refractivity contribution is 0.236. The molecular weight excluding hydrogens is 401 g/mol. The molecule has 150 valence electrons. The second kappa shape index (κ2) is 8.20. The molecule has 0 fully saturated rings. The normalized spacial score (nSPS) is 15.6. The van der Waals surface area contributed by atoms with Crippen molar-refractivity contribution in [2.24, 2.45) is 0 Å². The number of aromatic nitrogens is 2. The number of urea groups is 1. The lowest BCUT2D eigenvalue weighted by Crippen LogP contribution is -2.38. The molecule has 0 radical (unpaired) electrons. The van der Waals surface area contributed by atoms with Gasteiger partial charge in [0.05, 0.1) is 12.2 Å². The number of carbonyl (C=O) groups is 1. The number of nitrogens with one attached hydrogen (secondary N) is 2. The zero-order chi connectivity index (χ0) is 20.4. The van der Waals surface area contributed by atoms with Gasteiger partial charge in [0, 0.05) is 35.0 Å². The maximum Gasteiger partial charge on any atom is 0.315 e. The van der Waals surface area contributed by atoms with Crippen LogP contribution < -0.4 is 10.6 Å². The van der Waals surface area contributed by atoms with Crippen molar-refractivity contribution in [1.29, 1.82) is 0 Å². The summed E-state index contributed by atoms with van der Waals surface area (Å²) in [5.74, 6) is -0.958. The Labute approximate surface area is 169 Å². The molecule has 29 heavy (non-hydrogen) atoms. The minimum Gasteiger partial charge on any atom is -0.334 e. The van der Waals surface area contributed by atoms with E-state index in [1.54, 1.807) is 12.3 Å². The molecule has 4 rings (SSSR count). The zero-order valence-corrected chi connectivity index (χ0v) is 16.0. The van der Waals surface area contributed by atoms with Crippen molar-refractivity contribution in [3.05, 3.63) is 77.4 Å². The lowest BCUT2D eigenvalue weighted by atomic mass is 10.0. The van der Waals surface area contributed by atoms with Gasteiger partial charge in [0.25, 0.3) is 0 Å². The third-order valence-electron chi connectivity index (χ3n) is 4.58. The molecule has 0 saturated carbocycles. The van der Waals surface area contributed by atoms with Gasteiger partial charge < -0.3 is 10.6 Å². The van der Waals surface area contributed by atoms with Crippen LogP contribution in [0.15, 0.2) is 53.7 Å². The van der Waals surface area contributed by atoms with Crippen LogP contribution in [0.1, 0.15) is 23.6 Å². The highest BCUT2D eigenvalue weighted by Crippen LogP contribution is 2.37. The predicted molar refractivity (Wildman–Crippen MR) is 103 cm³/mol. The van der Waals surface area contributed by atoms with Crippen LogP contribution in [0.4, 0.5) is 18.0 Å². The van der Waals surface area contributed by atoms with Crippen molar-refractivity contribution in [2.75, 3.05) is 5.75 Å². The van der Waals surface area contributed by atoms with E-state index in [1.165, 1.54) is 34.8 Å². The third kappa shape index (κ3) is 4.24. The minimum absolute atomic E-state index is 0.112. The Hall–Kier alpha value is -2.94. The molecule has 0 unspecified atom stereocenters. The van der Waals surface area contributed by atoms with E-state index >= 15 is 0 Å². The fourth-order valence-electron chi connectivity index (χ4n) is 3.18. The molecule has 2 amide bonds. The summed E-state index contributed by atoms with van der Waals surface area (Å²) in [5, 5.41) is 9.64. The van der Waals surface area contributed by atoms with Crippen molar-refractivity contribution in [3.63, 3.8) is 0 Å². The molecule has 0 bridgehead atoms. The molecule has 1 aliphatic heterocycles. The van der Waals surface area contributed by atoms with E-state index in [4.69, 9.17) is 0 Å². The van der Waals surface area contributed by atoms with Crippen LogP contribution in [0, 0.1) is 17.5 Å². The highest BCUT2D eigenvalue weighted by molar-refractivity contribution is 7.99. The summed E-state index contributed by atoms with van der Waals surface area (Å²) in [7, 11) is 0. The van der Waals surface area contributed by atoms with Gasteiger partial charge in [-0.25, -0.2) is 22.6 Å². The molecule has 1 aliphatic rings. The molecule has 0 aliphatic carbocycles. The maximum absolute atomic E-state index is 13.9. The molecule has 2 N–H and O–H groups in total. The molecule has 0 spiro atoms. The van der Waals surface area contributed by atoms with E-state index < -0.39 is 17.7 Å². The van der Waals surface area contributed by atoms with E-state index in [2.05, 4.69) is 15.7 Å². The van der Waals surface area contributed by atoms with Crippen LogP contribution in [-0.2, 0) is 6.54 Å². The molecule has 2 aromatic carbocycles. The number of rotatable bonds is 4. The Morgan fingerprint density at radius 2 is 2.07 bits per heavy atom. The molecule has 1 aromatic heterocycles. The van der Waals surface area contributed by atoms with Crippen LogP contribution in [0.2, 0.25) is 0 Å². The smallest absolute Gasteiger partial charge is 0.315 e. The van der Waals surface area contributed by atoms with Crippen LogP contribution in [0.25, 0.3) is 5.69 Å². The summed E-state index contributed by atoms with van der Waals surface area (Å²) in [6, 6.07) is 7.43. The zero-order valence-electron chi connectivity index (χ0n) is 15.2. The first-order valence-electron chi connectivity index (χ1n) is 8.96. The molecule has 1 atom stereocenters. The monoisotopic (exact) mass is 418 g/mol. The lowest BCUT2D eigenvalue weighted by Gasteiger charge is -2.26. The van der Waals surface area contributed by atoms with Gasteiger partial charge in [-0.05, 0) is 30.2 Å². The van der Waals surface area contributed by atoms with E-state index in [9.17, 15) is 18.0 Å². The molecular formula is C20H17F3N4OS. The maximum atomic E-state index is 13.9. The van der Waals surface area contributed by atoms with Gasteiger partial charge in [-0.1, -0.05) is 12.1 Å². The summed E-state index contributed by atoms with van der Waals surface area (Å²) in [5.41, 5.74) is 1.53. The van der Waals surface area contributed by atoms with Gasteiger partial charge in [-0.2, -0.15) is 5.10 Å². The highest BCUT2D eigenvalue weighted by atomic mass is 32.2. The number of halogens is 3. The topological polar surface area (TPSA) is 59.0 Å². The number of benzene rings is 2. The number of thioether (sulfide) groups is 1. The summed E-state index contributed by atoms with van der Waals surface area (Å²) in [4.78, 5) is 12.9. The van der Waals surface area contributed by atoms with Crippen LogP contribution in [0.3, 0.4) is 0 Å². The van der Waals surface area contributed by atoms with Crippen molar-refractivity contribution in [2.45, 2.75) is 23.9 Å². The molecule has 3 aromatic rings.